The summed E-state index contributed by atoms with van der Waals surface area (Å²) in [5, 5.41) is 3.93. The fraction of sp³-hybridized carbons (Fsp3) is 0.269. The molecule has 2 aromatic heterocycles. The summed E-state index contributed by atoms with van der Waals surface area (Å²) < 4.78 is 6.71. The zero-order valence-corrected chi connectivity index (χ0v) is 20.5. The van der Waals surface area contributed by atoms with Gasteiger partial charge >= 0.3 is 0 Å². The van der Waals surface area contributed by atoms with E-state index in [9.17, 15) is 9.59 Å². The normalized spacial score (nSPS) is 14.0. The molecule has 1 N–H and O–H groups in total. The number of carbonyl (C=O) groups is 1. The summed E-state index contributed by atoms with van der Waals surface area (Å²) in [6.45, 7) is 1.72. The number of hydrogen-bond acceptors (Lipinski definition) is 5. The first-order valence-corrected chi connectivity index (χ1v) is 12.4. The van der Waals surface area contributed by atoms with Crippen molar-refractivity contribution in [3.05, 3.63) is 74.3 Å². The Kier molecular flexibility index (Phi) is 6.15. The topological polar surface area (TPSA) is 73.2 Å². The highest BCUT2D eigenvalue weighted by molar-refractivity contribution is 7.18. The van der Waals surface area contributed by atoms with Crippen molar-refractivity contribution >= 4 is 44.7 Å². The minimum Gasteiger partial charge on any atom is -0.495 e. The Morgan fingerprint density at radius 3 is 2.68 bits per heavy atom. The Morgan fingerprint density at radius 2 is 1.94 bits per heavy atom. The highest BCUT2D eigenvalue weighted by atomic mass is 35.5. The predicted octanol–water partition coefficient (Wildman–Crippen LogP) is 5.87. The van der Waals surface area contributed by atoms with Crippen molar-refractivity contribution in [1.82, 2.24) is 9.55 Å². The average Bonchev–Trinajstić information content (AvgIpc) is 3.23. The largest absolute Gasteiger partial charge is 0.495 e. The summed E-state index contributed by atoms with van der Waals surface area (Å²) in [5.74, 6) is 0.685. The molecule has 0 saturated carbocycles. The monoisotopic (exact) mass is 493 g/mol. The number of hydrogen-bond donors (Lipinski definition) is 1. The van der Waals surface area contributed by atoms with Crippen LogP contribution in [0.15, 0.2) is 53.3 Å². The molecule has 0 saturated heterocycles. The van der Waals surface area contributed by atoms with Gasteiger partial charge in [0.15, 0.2) is 0 Å². The van der Waals surface area contributed by atoms with E-state index in [1.807, 2.05) is 30.3 Å². The lowest BCUT2D eigenvalue weighted by Gasteiger charge is -2.20. The van der Waals surface area contributed by atoms with Crippen molar-refractivity contribution in [3.63, 3.8) is 0 Å². The van der Waals surface area contributed by atoms with Crippen LogP contribution in [0.1, 0.15) is 36.2 Å². The van der Waals surface area contributed by atoms with Gasteiger partial charge in [0.25, 0.3) is 5.56 Å². The zero-order valence-electron chi connectivity index (χ0n) is 18.9. The number of fused-ring (bicyclic) bond motifs is 3. The van der Waals surface area contributed by atoms with E-state index in [2.05, 4.69) is 5.32 Å². The summed E-state index contributed by atoms with van der Waals surface area (Å²) >= 11 is 7.83. The standard InChI is InChI=1S/C26H24ClN3O3S/c1-15(24(31)28-17-12-13-20(33-2)19(27)14-17)30-23(16-8-4-3-5-9-16)29-25-22(26(30)32)18-10-6-7-11-21(18)34-25/h3-5,8-9,12-15H,6-7,10-11H2,1-2H3,(H,28,31). The van der Waals surface area contributed by atoms with Crippen LogP contribution < -0.4 is 15.6 Å². The molecule has 4 aromatic rings. The molecule has 174 valence electrons. The van der Waals surface area contributed by atoms with Gasteiger partial charge in [-0.3, -0.25) is 14.2 Å². The van der Waals surface area contributed by atoms with Crippen molar-refractivity contribution in [3.8, 4) is 17.1 Å². The minimum absolute atomic E-state index is 0.168. The van der Waals surface area contributed by atoms with Gasteiger partial charge in [-0.25, -0.2) is 4.98 Å². The maximum absolute atomic E-state index is 13.9. The molecule has 8 heteroatoms. The number of ether oxygens (including phenoxy) is 1. The molecule has 1 aliphatic carbocycles. The number of benzene rings is 2. The number of nitrogens with one attached hydrogen (secondary N) is 1. The first-order valence-electron chi connectivity index (χ1n) is 11.2. The molecule has 0 radical (unpaired) electrons. The smallest absolute Gasteiger partial charge is 0.263 e. The van der Waals surface area contributed by atoms with Crippen molar-refractivity contribution in [2.75, 3.05) is 12.4 Å². The highest BCUT2D eigenvalue weighted by Gasteiger charge is 2.27. The van der Waals surface area contributed by atoms with Crippen molar-refractivity contribution < 1.29 is 9.53 Å². The lowest BCUT2D eigenvalue weighted by molar-refractivity contribution is -0.118. The number of methoxy groups -OCH3 is 1. The lowest BCUT2D eigenvalue weighted by atomic mass is 9.97. The lowest BCUT2D eigenvalue weighted by Crippen LogP contribution is -2.33. The second-order valence-corrected chi connectivity index (χ2v) is 9.87. The summed E-state index contributed by atoms with van der Waals surface area (Å²) in [6.07, 6.45) is 4.04. The number of amides is 1. The van der Waals surface area contributed by atoms with Gasteiger partial charge in [0.05, 0.1) is 17.5 Å². The molecule has 2 aromatic carbocycles. The van der Waals surface area contributed by atoms with Gasteiger partial charge in [0.2, 0.25) is 5.91 Å². The summed E-state index contributed by atoms with van der Waals surface area (Å²) in [6, 6.07) is 13.8. The van der Waals surface area contributed by atoms with Crippen molar-refractivity contribution in [2.45, 2.75) is 38.6 Å². The molecule has 34 heavy (non-hydrogen) atoms. The van der Waals surface area contributed by atoms with E-state index < -0.39 is 6.04 Å². The molecular formula is C26H24ClN3O3S. The number of aryl methyl sites for hydroxylation is 2. The van der Waals surface area contributed by atoms with Gasteiger partial charge < -0.3 is 10.1 Å². The molecular weight excluding hydrogens is 470 g/mol. The maximum atomic E-state index is 13.9. The van der Waals surface area contributed by atoms with Crippen LogP contribution in [0.5, 0.6) is 5.75 Å². The van der Waals surface area contributed by atoms with Crippen molar-refractivity contribution in [2.24, 2.45) is 0 Å². The van der Waals surface area contributed by atoms with Gasteiger partial charge in [-0.2, -0.15) is 0 Å². The Morgan fingerprint density at radius 1 is 1.18 bits per heavy atom. The van der Waals surface area contributed by atoms with E-state index >= 15 is 0 Å². The Balaban J connectivity index is 1.62. The van der Waals surface area contributed by atoms with Gasteiger partial charge in [0.1, 0.15) is 22.4 Å². The molecule has 6 nitrogen and oxygen atoms in total. The molecule has 1 amide bonds. The molecule has 0 spiro atoms. The van der Waals surface area contributed by atoms with Crippen LogP contribution in [0.25, 0.3) is 21.6 Å². The minimum atomic E-state index is -0.792. The summed E-state index contributed by atoms with van der Waals surface area (Å²) in [4.78, 5) is 34.1. The van der Waals surface area contributed by atoms with Gasteiger partial charge in [-0.05, 0) is 56.4 Å². The Bertz CT molecular complexity index is 1450. The van der Waals surface area contributed by atoms with E-state index in [0.717, 1.165) is 41.6 Å². The quantitative estimate of drug-likeness (QED) is 0.377. The van der Waals surface area contributed by atoms with Crippen LogP contribution in [0.4, 0.5) is 5.69 Å². The van der Waals surface area contributed by atoms with Crippen LogP contribution >= 0.6 is 22.9 Å². The first-order chi connectivity index (χ1) is 16.5. The third kappa shape index (κ3) is 3.99. The molecule has 0 aliphatic heterocycles. The zero-order chi connectivity index (χ0) is 23.8. The van der Waals surface area contributed by atoms with Crippen LogP contribution in [-0.2, 0) is 17.6 Å². The van der Waals surface area contributed by atoms with Gasteiger partial charge in [-0.1, -0.05) is 41.9 Å². The van der Waals surface area contributed by atoms with Crippen LogP contribution in [0, 0.1) is 0 Å². The molecule has 0 bridgehead atoms. The molecule has 1 aliphatic rings. The molecule has 2 heterocycles. The van der Waals surface area contributed by atoms with Gasteiger partial charge in [0, 0.05) is 16.1 Å². The van der Waals surface area contributed by atoms with E-state index in [4.69, 9.17) is 21.3 Å². The van der Waals surface area contributed by atoms with E-state index in [1.165, 1.54) is 16.6 Å². The number of aromatic nitrogens is 2. The predicted molar refractivity (Wildman–Crippen MR) is 137 cm³/mol. The molecule has 0 fully saturated rings. The molecule has 1 unspecified atom stereocenters. The van der Waals surface area contributed by atoms with Crippen molar-refractivity contribution in [1.29, 1.82) is 0 Å². The van der Waals surface area contributed by atoms with E-state index in [-0.39, 0.29) is 11.5 Å². The van der Waals surface area contributed by atoms with E-state index in [1.54, 1.807) is 36.5 Å². The second-order valence-electron chi connectivity index (χ2n) is 8.38. The molecule has 1 atom stereocenters. The second kappa shape index (κ2) is 9.24. The number of halogens is 1. The van der Waals surface area contributed by atoms with Crippen LogP contribution in [0.2, 0.25) is 5.02 Å². The van der Waals surface area contributed by atoms with Crippen LogP contribution in [-0.4, -0.2) is 22.6 Å². The summed E-state index contributed by atoms with van der Waals surface area (Å²) in [7, 11) is 1.53. The third-order valence-electron chi connectivity index (χ3n) is 6.24. The fourth-order valence-electron chi connectivity index (χ4n) is 4.48. The Hall–Kier alpha value is -3.16. The third-order valence-corrected chi connectivity index (χ3v) is 7.72. The maximum Gasteiger partial charge on any atom is 0.263 e. The van der Waals surface area contributed by atoms with Crippen LogP contribution in [0.3, 0.4) is 0 Å². The first kappa shape index (κ1) is 22.6. The SMILES string of the molecule is COc1ccc(NC(=O)C(C)n2c(-c3ccccc3)nc3sc4c(c3c2=O)CCCC4)cc1Cl. The van der Waals surface area contributed by atoms with E-state index in [0.29, 0.717) is 27.7 Å². The van der Waals surface area contributed by atoms with Gasteiger partial charge in [-0.15, -0.1) is 11.3 Å². The molecule has 5 rings (SSSR count). The average molecular weight is 494 g/mol. The number of thiophene rings is 1. The fourth-order valence-corrected chi connectivity index (χ4v) is 5.99. The summed E-state index contributed by atoms with van der Waals surface area (Å²) in [5.41, 5.74) is 2.25. The number of anilines is 1. The number of nitrogens with zero attached hydrogens (tertiary/aromatic N) is 2. The Labute approximate surface area is 206 Å². The number of rotatable bonds is 5. The highest BCUT2D eigenvalue weighted by Crippen LogP contribution is 2.35. The number of carbonyl (C=O) groups excluding carboxylic acids is 1.